The fourth-order valence-electron chi connectivity index (χ4n) is 2.61. The lowest BCUT2D eigenvalue weighted by Gasteiger charge is -2.21. The first-order valence-corrected chi connectivity index (χ1v) is 9.07. The van der Waals surface area contributed by atoms with Gasteiger partial charge in [-0.3, -0.25) is 0 Å². The van der Waals surface area contributed by atoms with Gasteiger partial charge >= 0.3 is 6.03 Å². The Morgan fingerprint density at radius 3 is 2.63 bits per heavy atom. The van der Waals surface area contributed by atoms with E-state index in [4.69, 9.17) is 0 Å². The molecule has 2 unspecified atom stereocenters. The largest absolute Gasteiger partial charge is 0.386 e. The molecule has 9 heteroatoms. The summed E-state index contributed by atoms with van der Waals surface area (Å²) in [6.45, 7) is 1.74. The lowest BCUT2D eigenvalue weighted by Crippen LogP contribution is -2.39. The first kappa shape index (κ1) is 19.0. The number of aliphatic hydroxyl groups excluding tert-OH is 1. The molecule has 8 nitrogen and oxygen atoms in total. The molecule has 0 aliphatic heterocycles. The Bertz CT molecular complexity index is 928. The van der Waals surface area contributed by atoms with Crippen LogP contribution in [0.1, 0.15) is 18.6 Å². The van der Waals surface area contributed by atoms with Gasteiger partial charge in [0.15, 0.2) is 5.82 Å². The van der Waals surface area contributed by atoms with Crippen molar-refractivity contribution in [2.75, 3.05) is 5.32 Å². The zero-order chi connectivity index (χ0) is 19.4. The molecule has 0 saturated heterocycles. The summed E-state index contributed by atoms with van der Waals surface area (Å²) in [5.74, 6) is 0.595. The number of nitrogens with zero attached hydrogens (tertiary/aromatic N) is 4. The number of tetrazole rings is 1. The second-order valence-electron chi connectivity index (χ2n) is 6.09. The third kappa shape index (κ3) is 4.69. The summed E-state index contributed by atoms with van der Waals surface area (Å²) in [5.41, 5.74) is 2.10. The maximum absolute atomic E-state index is 12.3. The molecule has 0 bridgehead atoms. The number of amides is 2. The molecule has 3 rings (SSSR count). The van der Waals surface area contributed by atoms with Crippen LogP contribution in [0.5, 0.6) is 0 Å². The second-order valence-corrected chi connectivity index (χ2v) is 7.01. The zero-order valence-electron chi connectivity index (χ0n) is 14.8. The lowest BCUT2D eigenvalue weighted by molar-refractivity contribution is 0.139. The molecule has 0 saturated carbocycles. The molecule has 0 aliphatic rings. The van der Waals surface area contributed by atoms with Gasteiger partial charge in [-0.25, -0.2) is 9.48 Å². The van der Waals surface area contributed by atoms with Crippen LogP contribution in [0, 0.1) is 0 Å². The first-order valence-electron chi connectivity index (χ1n) is 8.28. The van der Waals surface area contributed by atoms with Gasteiger partial charge in [0.2, 0.25) is 0 Å². The molecule has 0 aliphatic carbocycles. The van der Waals surface area contributed by atoms with E-state index < -0.39 is 18.2 Å². The minimum Gasteiger partial charge on any atom is -0.386 e. The summed E-state index contributed by atoms with van der Waals surface area (Å²) in [5, 5.41) is 27.3. The Morgan fingerprint density at radius 1 is 1.22 bits per heavy atom. The maximum atomic E-state index is 12.3. The van der Waals surface area contributed by atoms with Gasteiger partial charge in [-0.1, -0.05) is 40.2 Å². The fraction of sp³-hybridized carbons (Fsp3) is 0.222. The van der Waals surface area contributed by atoms with Crippen molar-refractivity contribution in [2.45, 2.75) is 19.1 Å². The molecule has 0 spiro atoms. The highest BCUT2D eigenvalue weighted by molar-refractivity contribution is 9.10. The Morgan fingerprint density at radius 2 is 1.96 bits per heavy atom. The van der Waals surface area contributed by atoms with Gasteiger partial charge in [0, 0.05) is 22.8 Å². The summed E-state index contributed by atoms with van der Waals surface area (Å²) in [6, 6.07) is 13.6. The molecular formula is C18H19BrN6O2. The van der Waals surface area contributed by atoms with Crippen LogP contribution in [0.25, 0.3) is 11.4 Å². The van der Waals surface area contributed by atoms with Crippen LogP contribution in [0.2, 0.25) is 0 Å². The van der Waals surface area contributed by atoms with Gasteiger partial charge in [0.05, 0.1) is 12.1 Å². The number of aromatic nitrogens is 4. The smallest absolute Gasteiger partial charge is 0.319 e. The van der Waals surface area contributed by atoms with Crippen molar-refractivity contribution < 1.29 is 9.90 Å². The lowest BCUT2D eigenvalue weighted by atomic mass is 10.0. The number of hydrogen-bond donors (Lipinski definition) is 3. The average Bonchev–Trinajstić information content (AvgIpc) is 3.08. The number of aryl methyl sites for hydroxylation is 1. The van der Waals surface area contributed by atoms with Gasteiger partial charge in [-0.05, 0) is 47.2 Å². The number of aliphatic hydroxyl groups is 1. The van der Waals surface area contributed by atoms with Gasteiger partial charge in [0.25, 0.3) is 0 Å². The van der Waals surface area contributed by atoms with Crippen LogP contribution >= 0.6 is 15.9 Å². The SMILES string of the molecule is CC(NC(=O)Nc1cccc(-c2nnnn2C)c1)C(O)c1ccc(Br)cc1. The molecule has 1 aromatic heterocycles. The number of anilines is 1. The second kappa shape index (κ2) is 8.28. The van der Waals surface area contributed by atoms with Gasteiger partial charge in [-0.2, -0.15) is 0 Å². The fourth-order valence-corrected chi connectivity index (χ4v) is 2.88. The topological polar surface area (TPSA) is 105 Å². The molecule has 0 radical (unpaired) electrons. The van der Waals surface area contributed by atoms with Crippen molar-refractivity contribution in [3.05, 3.63) is 58.6 Å². The van der Waals surface area contributed by atoms with E-state index in [1.54, 1.807) is 36.9 Å². The number of carbonyl (C=O) groups is 1. The summed E-state index contributed by atoms with van der Waals surface area (Å²) in [7, 11) is 1.74. The number of hydrogen-bond acceptors (Lipinski definition) is 5. The molecule has 2 aromatic carbocycles. The van der Waals surface area contributed by atoms with E-state index in [1.165, 1.54) is 0 Å². The van der Waals surface area contributed by atoms with Gasteiger partial charge in [0.1, 0.15) is 0 Å². The summed E-state index contributed by atoms with van der Waals surface area (Å²) >= 11 is 3.36. The van der Waals surface area contributed by atoms with E-state index in [2.05, 4.69) is 42.1 Å². The highest BCUT2D eigenvalue weighted by Crippen LogP contribution is 2.21. The van der Waals surface area contributed by atoms with E-state index >= 15 is 0 Å². The first-order chi connectivity index (χ1) is 12.9. The van der Waals surface area contributed by atoms with Crippen molar-refractivity contribution in [3.63, 3.8) is 0 Å². The number of urea groups is 1. The molecule has 2 amide bonds. The number of rotatable bonds is 5. The quantitative estimate of drug-likeness (QED) is 0.576. The van der Waals surface area contributed by atoms with Gasteiger partial charge < -0.3 is 15.7 Å². The predicted molar refractivity (Wildman–Crippen MR) is 105 cm³/mol. The van der Waals surface area contributed by atoms with Crippen molar-refractivity contribution in [1.82, 2.24) is 25.5 Å². The standard InChI is InChI=1S/C18H19BrN6O2/c1-11(16(26)12-6-8-14(19)9-7-12)20-18(27)21-15-5-3-4-13(10-15)17-22-23-24-25(17)2/h3-11,16,26H,1-2H3,(H2,20,21,27). The average molecular weight is 431 g/mol. The van der Waals surface area contributed by atoms with Crippen LogP contribution in [0.4, 0.5) is 10.5 Å². The normalized spacial score (nSPS) is 13.0. The number of carbonyl (C=O) groups excluding carboxylic acids is 1. The molecule has 3 aromatic rings. The van der Waals surface area contributed by atoms with Crippen LogP contribution in [0.15, 0.2) is 53.0 Å². The minimum absolute atomic E-state index is 0.410. The van der Waals surface area contributed by atoms with Crippen LogP contribution < -0.4 is 10.6 Å². The molecule has 27 heavy (non-hydrogen) atoms. The molecule has 1 heterocycles. The van der Waals surface area contributed by atoms with Crippen LogP contribution in [0.3, 0.4) is 0 Å². The highest BCUT2D eigenvalue weighted by Gasteiger charge is 2.18. The maximum Gasteiger partial charge on any atom is 0.319 e. The molecule has 3 N–H and O–H groups in total. The van der Waals surface area contributed by atoms with Crippen molar-refractivity contribution in [2.24, 2.45) is 7.05 Å². The summed E-state index contributed by atoms with van der Waals surface area (Å²) < 4.78 is 2.48. The van der Waals surface area contributed by atoms with E-state index in [-0.39, 0.29) is 0 Å². The predicted octanol–water partition coefficient (Wildman–Crippen LogP) is 2.88. The minimum atomic E-state index is -0.820. The molecule has 0 fully saturated rings. The number of benzene rings is 2. The van der Waals surface area contributed by atoms with Crippen LogP contribution in [-0.2, 0) is 7.05 Å². The molecule has 2 atom stereocenters. The van der Waals surface area contributed by atoms with E-state index in [0.717, 1.165) is 15.6 Å². The van der Waals surface area contributed by atoms with Gasteiger partial charge in [-0.15, -0.1) is 5.10 Å². The third-order valence-corrected chi connectivity index (χ3v) is 4.57. The van der Waals surface area contributed by atoms with Crippen LogP contribution in [-0.4, -0.2) is 37.4 Å². The molecule has 140 valence electrons. The van der Waals surface area contributed by atoms with Crippen molar-refractivity contribution in [3.8, 4) is 11.4 Å². The Kier molecular flexibility index (Phi) is 5.82. The van der Waals surface area contributed by atoms with E-state index in [0.29, 0.717) is 11.5 Å². The van der Waals surface area contributed by atoms with Crippen molar-refractivity contribution in [1.29, 1.82) is 0 Å². The number of nitrogens with one attached hydrogen (secondary N) is 2. The Labute approximate surface area is 164 Å². The van der Waals surface area contributed by atoms with E-state index in [9.17, 15) is 9.90 Å². The zero-order valence-corrected chi connectivity index (χ0v) is 16.4. The molecular weight excluding hydrogens is 412 g/mol. The Balaban J connectivity index is 1.63. The highest BCUT2D eigenvalue weighted by atomic mass is 79.9. The summed E-state index contributed by atoms with van der Waals surface area (Å²) in [6.07, 6.45) is -0.820. The number of halogens is 1. The monoisotopic (exact) mass is 430 g/mol. The van der Waals surface area contributed by atoms with Crippen molar-refractivity contribution >= 4 is 27.6 Å². The Hall–Kier alpha value is -2.78. The third-order valence-electron chi connectivity index (χ3n) is 4.04. The van der Waals surface area contributed by atoms with E-state index in [1.807, 2.05) is 30.3 Å². The summed E-state index contributed by atoms with van der Waals surface area (Å²) in [4.78, 5) is 12.3.